The first-order valence-electron chi connectivity index (χ1n) is 9.44. The maximum atomic E-state index is 12.5. The lowest BCUT2D eigenvalue weighted by atomic mass is 10.1. The number of imidazole rings is 1. The fourth-order valence-electron chi connectivity index (χ4n) is 3.09. The van der Waals surface area contributed by atoms with Crippen molar-refractivity contribution in [3.8, 4) is 11.3 Å². The zero-order chi connectivity index (χ0) is 18.5. The SMILES string of the molecule is CCCCCCC(=O)Nc1c(-c2ccc(C)cc2)nc2cc(C)ccn12. The largest absolute Gasteiger partial charge is 0.310 e. The van der Waals surface area contributed by atoms with Crippen LogP contribution in [0.25, 0.3) is 16.9 Å². The number of fused-ring (bicyclic) bond motifs is 1. The van der Waals surface area contributed by atoms with Crippen molar-refractivity contribution in [1.29, 1.82) is 0 Å². The molecule has 0 spiro atoms. The van der Waals surface area contributed by atoms with Crippen molar-refractivity contribution in [1.82, 2.24) is 9.38 Å². The molecule has 0 radical (unpaired) electrons. The second-order valence-electron chi connectivity index (χ2n) is 6.97. The lowest BCUT2D eigenvalue weighted by molar-refractivity contribution is -0.116. The molecule has 0 aliphatic carbocycles. The van der Waals surface area contributed by atoms with Crippen LogP contribution in [0.4, 0.5) is 5.82 Å². The van der Waals surface area contributed by atoms with Crippen molar-refractivity contribution in [2.24, 2.45) is 0 Å². The summed E-state index contributed by atoms with van der Waals surface area (Å²) in [5.74, 6) is 0.807. The van der Waals surface area contributed by atoms with E-state index in [0.29, 0.717) is 6.42 Å². The molecule has 136 valence electrons. The van der Waals surface area contributed by atoms with E-state index in [1.54, 1.807) is 0 Å². The van der Waals surface area contributed by atoms with Gasteiger partial charge in [0, 0.05) is 18.2 Å². The number of hydrogen-bond donors (Lipinski definition) is 1. The molecule has 0 saturated heterocycles. The Morgan fingerprint density at radius 3 is 2.54 bits per heavy atom. The highest BCUT2D eigenvalue weighted by Gasteiger charge is 2.16. The van der Waals surface area contributed by atoms with E-state index in [1.807, 2.05) is 29.7 Å². The van der Waals surface area contributed by atoms with E-state index in [-0.39, 0.29) is 5.91 Å². The summed E-state index contributed by atoms with van der Waals surface area (Å²) in [6.45, 7) is 6.29. The van der Waals surface area contributed by atoms with Crippen molar-refractivity contribution < 1.29 is 4.79 Å². The molecule has 1 amide bonds. The molecular weight excluding hydrogens is 322 g/mol. The van der Waals surface area contributed by atoms with Gasteiger partial charge in [-0.25, -0.2) is 4.98 Å². The van der Waals surface area contributed by atoms with Gasteiger partial charge in [-0.15, -0.1) is 0 Å². The number of rotatable bonds is 7. The van der Waals surface area contributed by atoms with E-state index in [2.05, 4.69) is 43.4 Å². The maximum Gasteiger partial charge on any atom is 0.225 e. The first kappa shape index (κ1) is 18.2. The first-order valence-corrected chi connectivity index (χ1v) is 9.44. The van der Waals surface area contributed by atoms with Crippen LogP contribution in [0, 0.1) is 13.8 Å². The minimum absolute atomic E-state index is 0.0526. The Balaban J connectivity index is 1.92. The smallest absolute Gasteiger partial charge is 0.225 e. The minimum Gasteiger partial charge on any atom is -0.310 e. The van der Waals surface area contributed by atoms with Gasteiger partial charge in [0.1, 0.15) is 17.2 Å². The standard InChI is InChI=1S/C22H27N3O/c1-4-5-6-7-8-20(26)24-22-21(18-11-9-16(2)10-12-18)23-19-15-17(3)13-14-25(19)22/h9-15H,4-8H2,1-3H3,(H,24,26). The van der Waals surface area contributed by atoms with Gasteiger partial charge in [-0.1, -0.05) is 56.0 Å². The highest BCUT2D eigenvalue weighted by molar-refractivity contribution is 5.94. The molecule has 0 bridgehead atoms. The second kappa shape index (κ2) is 8.17. The average Bonchev–Trinajstić information content (AvgIpc) is 2.97. The van der Waals surface area contributed by atoms with Crippen LogP contribution in [0.5, 0.6) is 0 Å². The van der Waals surface area contributed by atoms with E-state index >= 15 is 0 Å². The number of aryl methyl sites for hydroxylation is 2. The van der Waals surface area contributed by atoms with Crippen molar-refractivity contribution in [3.63, 3.8) is 0 Å². The molecule has 0 saturated carbocycles. The molecule has 1 N–H and O–H groups in total. The van der Waals surface area contributed by atoms with E-state index in [9.17, 15) is 4.79 Å². The summed E-state index contributed by atoms with van der Waals surface area (Å²) in [7, 11) is 0. The normalized spacial score (nSPS) is 11.0. The molecule has 26 heavy (non-hydrogen) atoms. The zero-order valence-electron chi connectivity index (χ0n) is 15.9. The lowest BCUT2D eigenvalue weighted by Gasteiger charge is -2.08. The van der Waals surface area contributed by atoms with Gasteiger partial charge in [0.15, 0.2) is 0 Å². The number of hydrogen-bond acceptors (Lipinski definition) is 2. The molecule has 0 atom stereocenters. The molecule has 4 heteroatoms. The highest BCUT2D eigenvalue weighted by atomic mass is 16.1. The fourth-order valence-corrected chi connectivity index (χ4v) is 3.09. The maximum absolute atomic E-state index is 12.5. The molecular formula is C22H27N3O. The lowest BCUT2D eigenvalue weighted by Crippen LogP contribution is -2.13. The zero-order valence-corrected chi connectivity index (χ0v) is 15.9. The van der Waals surface area contributed by atoms with E-state index in [0.717, 1.165) is 41.1 Å². The van der Waals surface area contributed by atoms with Crippen LogP contribution < -0.4 is 5.32 Å². The Labute approximate surface area is 155 Å². The second-order valence-corrected chi connectivity index (χ2v) is 6.97. The summed E-state index contributed by atoms with van der Waals surface area (Å²) < 4.78 is 1.96. The molecule has 2 heterocycles. The third-order valence-corrected chi connectivity index (χ3v) is 4.62. The Kier molecular flexibility index (Phi) is 5.71. The molecule has 0 fully saturated rings. The topological polar surface area (TPSA) is 46.4 Å². The van der Waals surface area contributed by atoms with Crippen LogP contribution in [0.1, 0.15) is 50.2 Å². The molecule has 0 aliphatic heterocycles. The molecule has 1 aromatic carbocycles. The van der Waals surface area contributed by atoms with Gasteiger partial charge in [0.2, 0.25) is 5.91 Å². The quantitative estimate of drug-likeness (QED) is 0.570. The Morgan fingerprint density at radius 1 is 1.04 bits per heavy atom. The Morgan fingerprint density at radius 2 is 1.81 bits per heavy atom. The molecule has 2 aromatic heterocycles. The predicted molar refractivity (Wildman–Crippen MR) is 107 cm³/mol. The fraction of sp³-hybridized carbons (Fsp3) is 0.364. The van der Waals surface area contributed by atoms with Crippen molar-refractivity contribution in [2.45, 2.75) is 52.9 Å². The summed E-state index contributed by atoms with van der Waals surface area (Å²) in [6, 6.07) is 12.3. The Bertz CT molecular complexity index is 894. The molecule has 0 aliphatic rings. The van der Waals surface area contributed by atoms with Crippen LogP contribution in [-0.2, 0) is 4.79 Å². The third kappa shape index (κ3) is 4.13. The van der Waals surface area contributed by atoms with Gasteiger partial charge in [-0.05, 0) is 38.0 Å². The summed E-state index contributed by atoms with van der Waals surface area (Å²) >= 11 is 0. The van der Waals surface area contributed by atoms with E-state index in [1.165, 1.54) is 18.4 Å². The summed E-state index contributed by atoms with van der Waals surface area (Å²) in [5.41, 5.74) is 5.03. The van der Waals surface area contributed by atoms with Crippen LogP contribution in [-0.4, -0.2) is 15.3 Å². The van der Waals surface area contributed by atoms with E-state index in [4.69, 9.17) is 4.98 Å². The van der Waals surface area contributed by atoms with E-state index < -0.39 is 0 Å². The van der Waals surface area contributed by atoms with Crippen LogP contribution >= 0.6 is 0 Å². The van der Waals surface area contributed by atoms with Crippen molar-refractivity contribution in [3.05, 3.63) is 53.7 Å². The summed E-state index contributed by atoms with van der Waals surface area (Å²) in [4.78, 5) is 17.3. The average molecular weight is 349 g/mol. The Hall–Kier alpha value is -2.62. The molecule has 3 aromatic rings. The van der Waals surface area contributed by atoms with Gasteiger partial charge < -0.3 is 5.32 Å². The van der Waals surface area contributed by atoms with Crippen LogP contribution in [0.3, 0.4) is 0 Å². The number of carbonyl (C=O) groups excluding carboxylic acids is 1. The summed E-state index contributed by atoms with van der Waals surface area (Å²) in [5, 5.41) is 3.10. The molecule has 4 nitrogen and oxygen atoms in total. The van der Waals surface area contributed by atoms with Crippen molar-refractivity contribution >= 4 is 17.4 Å². The summed E-state index contributed by atoms with van der Waals surface area (Å²) in [6.07, 6.45) is 6.90. The predicted octanol–water partition coefficient (Wildman–Crippen LogP) is 5.53. The van der Waals surface area contributed by atoms with Gasteiger partial charge in [-0.3, -0.25) is 9.20 Å². The number of pyridine rings is 1. The van der Waals surface area contributed by atoms with Gasteiger partial charge >= 0.3 is 0 Å². The number of amides is 1. The van der Waals surface area contributed by atoms with Crippen LogP contribution in [0.2, 0.25) is 0 Å². The number of benzene rings is 1. The number of nitrogens with zero attached hydrogens (tertiary/aromatic N) is 2. The third-order valence-electron chi connectivity index (χ3n) is 4.62. The van der Waals surface area contributed by atoms with Gasteiger partial charge in [-0.2, -0.15) is 0 Å². The number of carbonyl (C=O) groups is 1. The number of unbranched alkanes of at least 4 members (excludes halogenated alkanes) is 3. The van der Waals surface area contributed by atoms with Crippen molar-refractivity contribution in [2.75, 3.05) is 5.32 Å². The van der Waals surface area contributed by atoms with Crippen LogP contribution in [0.15, 0.2) is 42.6 Å². The first-order chi connectivity index (χ1) is 12.6. The number of aromatic nitrogens is 2. The molecule has 3 rings (SSSR count). The minimum atomic E-state index is 0.0526. The molecule has 0 unspecified atom stereocenters. The monoisotopic (exact) mass is 349 g/mol. The number of anilines is 1. The highest BCUT2D eigenvalue weighted by Crippen LogP contribution is 2.29. The van der Waals surface area contributed by atoms with Gasteiger partial charge in [0.05, 0.1) is 0 Å². The number of nitrogens with one attached hydrogen (secondary N) is 1. The van der Waals surface area contributed by atoms with Gasteiger partial charge in [0.25, 0.3) is 0 Å².